The number of hydrogen-bond acceptors (Lipinski definition) is 7. The van der Waals surface area contributed by atoms with Crippen molar-refractivity contribution in [3.05, 3.63) is 11.8 Å². The van der Waals surface area contributed by atoms with Crippen LogP contribution < -0.4 is 4.74 Å². The third-order valence-corrected chi connectivity index (χ3v) is 4.18. The van der Waals surface area contributed by atoms with Crippen LogP contribution in [0.3, 0.4) is 0 Å². The highest BCUT2D eigenvalue weighted by Crippen LogP contribution is 2.26. The fraction of sp³-hybridized carbons (Fsp3) is 0.714. The minimum atomic E-state index is 0.219. The zero-order valence-corrected chi connectivity index (χ0v) is 13.1. The molecular weight excluding hydrogens is 290 g/mol. The Morgan fingerprint density at radius 3 is 3.19 bits per heavy atom. The molecule has 2 aliphatic rings. The first-order chi connectivity index (χ1) is 10.3. The normalized spacial score (nSPS) is 23.3. The van der Waals surface area contributed by atoms with Crippen molar-refractivity contribution < 1.29 is 14.2 Å². The van der Waals surface area contributed by atoms with Gasteiger partial charge in [-0.05, 0) is 25.5 Å². The maximum absolute atomic E-state index is 5.74. The first kappa shape index (κ1) is 14.9. The highest BCUT2D eigenvalue weighted by molar-refractivity contribution is 6.99. The van der Waals surface area contributed by atoms with E-state index in [1.165, 1.54) is 17.3 Å². The Kier molecular flexibility index (Phi) is 5.18. The number of rotatable bonds is 6. The third kappa shape index (κ3) is 4.00. The number of aromatic nitrogens is 2. The number of nitrogens with zero attached hydrogens (tertiary/aromatic N) is 3. The molecule has 3 rings (SSSR count). The molecule has 0 spiro atoms. The Bertz CT molecular complexity index is 486. The quantitative estimate of drug-likeness (QED) is 0.741. The Balaban J connectivity index is 1.49. The van der Waals surface area contributed by atoms with E-state index in [4.69, 9.17) is 14.2 Å². The van der Waals surface area contributed by atoms with Gasteiger partial charge >= 0.3 is 0 Å². The molecule has 0 radical (unpaired) electrons. The maximum atomic E-state index is 5.74. The molecule has 116 valence electrons. The average molecular weight is 311 g/mol. The van der Waals surface area contributed by atoms with Crippen molar-refractivity contribution >= 4 is 17.3 Å². The molecule has 1 saturated heterocycles. The summed E-state index contributed by atoms with van der Waals surface area (Å²) < 4.78 is 25.3. The molecule has 1 aromatic rings. The van der Waals surface area contributed by atoms with Crippen LogP contribution in [0.5, 0.6) is 5.88 Å². The zero-order chi connectivity index (χ0) is 14.5. The Hall–Kier alpha value is -1.02. The molecule has 0 aromatic carbocycles. The number of ether oxygens (including phenoxy) is 3. The van der Waals surface area contributed by atoms with E-state index in [-0.39, 0.29) is 6.10 Å². The van der Waals surface area contributed by atoms with Gasteiger partial charge in [-0.2, -0.15) is 4.37 Å². The fourth-order valence-electron chi connectivity index (χ4n) is 2.53. The summed E-state index contributed by atoms with van der Waals surface area (Å²) in [7, 11) is 2.12. The molecule has 7 heteroatoms. The van der Waals surface area contributed by atoms with Crippen molar-refractivity contribution in [2.45, 2.75) is 18.9 Å². The van der Waals surface area contributed by atoms with Gasteiger partial charge < -0.3 is 19.1 Å². The van der Waals surface area contributed by atoms with Crippen LogP contribution in [0.1, 0.15) is 18.5 Å². The molecule has 2 aliphatic heterocycles. The predicted molar refractivity (Wildman–Crippen MR) is 80.7 cm³/mol. The third-order valence-electron chi connectivity index (χ3n) is 3.67. The Morgan fingerprint density at radius 2 is 2.38 bits per heavy atom. The summed E-state index contributed by atoms with van der Waals surface area (Å²) in [6.45, 7) is 4.55. The lowest BCUT2D eigenvalue weighted by Gasteiger charge is -2.22. The molecule has 1 fully saturated rings. The van der Waals surface area contributed by atoms with E-state index in [9.17, 15) is 0 Å². The lowest BCUT2D eigenvalue weighted by atomic mass is 10.1. The van der Waals surface area contributed by atoms with Gasteiger partial charge in [-0.3, -0.25) is 0 Å². The molecule has 0 aliphatic carbocycles. The minimum Gasteiger partial charge on any atom is -0.473 e. The first-order valence-corrected chi connectivity index (χ1v) is 8.08. The molecule has 1 aromatic heterocycles. The van der Waals surface area contributed by atoms with Crippen LogP contribution in [0.4, 0.5) is 0 Å². The topological polar surface area (TPSA) is 56.7 Å². The summed E-state index contributed by atoms with van der Waals surface area (Å²) in [4.78, 5) is 2.28. The molecule has 0 saturated carbocycles. The average Bonchev–Trinajstić information content (AvgIpc) is 3.15. The zero-order valence-electron chi connectivity index (χ0n) is 12.3. The van der Waals surface area contributed by atoms with Crippen LogP contribution in [0.25, 0.3) is 5.57 Å². The van der Waals surface area contributed by atoms with Gasteiger partial charge in [0.2, 0.25) is 0 Å². The first-order valence-electron chi connectivity index (χ1n) is 7.35. The van der Waals surface area contributed by atoms with Crippen molar-refractivity contribution in [1.82, 2.24) is 13.6 Å². The molecule has 0 amide bonds. The van der Waals surface area contributed by atoms with E-state index in [1.807, 2.05) is 0 Å². The standard InChI is InChI=1S/C14H21N3O3S/c1-17-5-2-3-11(9-17)13-14(16-21-15-13)20-8-7-19-12-4-6-18-10-12/h3,12H,2,4-10H2,1H3/t12-/m1/s1. The van der Waals surface area contributed by atoms with Crippen LogP contribution in [-0.4, -0.2) is 66.3 Å². The van der Waals surface area contributed by atoms with Crippen molar-refractivity contribution in [2.75, 3.05) is 46.6 Å². The number of likely N-dealkylation sites (N-methyl/N-ethyl adjacent to an activating group) is 1. The van der Waals surface area contributed by atoms with Crippen molar-refractivity contribution in [1.29, 1.82) is 0 Å². The van der Waals surface area contributed by atoms with Gasteiger partial charge in [0.05, 0.1) is 31.0 Å². The summed E-state index contributed by atoms with van der Waals surface area (Å²) in [5.74, 6) is 0.632. The molecule has 21 heavy (non-hydrogen) atoms. The van der Waals surface area contributed by atoms with Crippen molar-refractivity contribution in [2.24, 2.45) is 0 Å². The van der Waals surface area contributed by atoms with Gasteiger partial charge in [0.15, 0.2) is 0 Å². The lowest BCUT2D eigenvalue weighted by Crippen LogP contribution is -2.25. The SMILES string of the molecule is CN1CCC=C(c2nsnc2OCCO[C@@H]2CCOC2)C1. The Labute approximate surface area is 129 Å². The fourth-order valence-corrected chi connectivity index (χ4v) is 3.07. The van der Waals surface area contributed by atoms with Gasteiger partial charge in [0.1, 0.15) is 12.3 Å². The van der Waals surface area contributed by atoms with Gasteiger partial charge in [0, 0.05) is 19.7 Å². The number of hydrogen-bond donors (Lipinski definition) is 0. The summed E-state index contributed by atoms with van der Waals surface area (Å²) in [5.41, 5.74) is 2.09. The summed E-state index contributed by atoms with van der Waals surface area (Å²) >= 11 is 1.20. The Morgan fingerprint density at radius 1 is 1.43 bits per heavy atom. The van der Waals surface area contributed by atoms with E-state index >= 15 is 0 Å². The highest BCUT2D eigenvalue weighted by atomic mass is 32.1. The van der Waals surface area contributed by atoms with Gasteiger partial charge in [-0.25, -0.2) is 0 Å². The smallest absolute Gasteiger partial charge is 0.253 e. The van der Waals surface area contributed by atoms with Gasteiger partial charge in [-0.1, -0.05) is 6.08 Å². The van der Waals surface area contributed by atoms with Gasteiger partial charge in [0.25, 0.3) is 5.88 Å². The van der Waals surface area contributed by atoms with Crippen molar-refractivity contribution in [3.63, 3.8) is 0 Å². The van der Waals surface area contributed by atoms with Crippen LogP contribution in [-0.2, 0) is 9.47 Å². The second kappa shape index (κ2) is 7.31. The molecule has 3 heterocycles. The summed E-state index contributed by atoms with van der Waals surface area (Å²) in [5, 5.41) is 0. The van der Waals surface area contributed by atoms with Crippen LogP contribution in [0.2, 0.25) is 0 Å². The van der Waals surface area contributed by atoms with E-state index in [0.29, 0.717) is 25.7 Å². The predicted octanol–water partition coefficient (Wildman–Crippen LogP) is 1.44. The summed E-state index contributed by atoms with van der Waals surface area (Å²) in [6.07, 6.45) is 4.48. The van der Waals surface area contributed by atoms with E-state index in [0.717, 1.165) is 38.2 Å². The second-order valence-corrected chi connectivity index (χ2v) is 5.91. The molecule has 0 unspecified atom stereocenters. The van der Waals surface area contributed by atoms with Crippen LogP contribution in [0.15, 0.2) is 6.08 Å². The molecule has 0 bridgehead atoms. The molecule has 0 N–H and O–H groups in total. The van der Waals surface area contributed by atoms with Crippen LogP contribution in [0, 0.1) is 0 Å². The largest absolute Gasteiger partial charge is 0.473 e. The molecular formula is C14H21N3O3S. The summed E-state index contributed by atoms with van der Waals surface area (Å²) in [6, 6.07) is 0. The van der Waals surface area contributed by atoms with E-state index in [2.05, 4.69) is 26.8 Å². The highest BCUT2D eigenvalue weighted by Gasteiger charge is 2.19. The van der Waals surface area contributed by atoms with Crippen LogP contribution >= 0.6 is 11.7 Å². The van der Waals surface area contributed by atoms with E-state index < -0.39 is 0 Å². The molecule has 1 atom stereocenters. The molecule has 6 nitrogen and oxygen atoms in total. The lowest BCUT2D eigenvalue weighted by molar-refractivity contribution is 0.0259. The maximum Gasteiger partial charge on any atom is 0.253 e. The second-order valence-electron chi connectivity index (χ2n) is 5.38. The van der Waals surface area contributed by atoms with E-state index in [1.54, 1.807) is 0 Å². The minimum absolute atomic E-state index is 0.219. The van der Waals surface area contributed by atoms with Crippen molar-refractivity contribution in [3.8, 4) is 5.88 Å². The van der Waals surface area contributed by atoms with Gasteiger partial charge in [-0.15, -0.1) is 4.37 Å². The monoisotopic (exact) mass is 311 g/mol.